The van der Waals surface area contributed by atoms with Gasteiger partial charge in [0.15, 0.2) is 0 Å². The fraction of sp³-hybridized carbons (Fsp3) is 0.933. The summed E-state index contributed by atoms with van der Waals surface area (Å²) in [4.78, 5) is 16.7. The molecule has 2 N–H and O–H groups in total. The van der Waals surface area contributed by atoms with Gasteiger partial charge in [0.25, 0.3) is 0 Å². The Balaban J connectivity index is 1.83. The van der Waals surface area contributed by atoms with Gasteiger partial charge in [-0.1, -0.05) is 0 Å². The van der Waals surface area contributed by atoms with Gasteiger partial charge in [0.1, 0.15) is 5.54 Å². The number of likely N-dealkylation sites (tertiary alicyclic amines) is 1. The van der Waals surface area contributed by atoms with E-state index in [1.165, 1.54) is 19.5 Å². The smallest absolute Gasteiger partial charge is 0.326 e. The second-order valence-electron chi connectivity index (χ2n) is 6.63. The molecule has 1 saturated heterocycles. The van der Waals surface area contributed by atoms with E-state index in [4.69, 9.17) is 10.5 Å². The van der Waals surface area contributed by atoms with Crippen molar-refractivity contribution in [1.82, 2.24) is 9.80 Å². The fourth-order valence-electron chi connectivity index (χ4n) is 3.62. The van der Waals surface area contributed by atoms with Crippen LogP contribution in [-0.2, 0) is 9.53 Å². The van der Waals surface area contributed by atoms with Crippen molar-refractivity contribution in [1.29, 1.82) is 0 Å². The first-order chi connectivity index (χ1) is 9.44. The molecule has 5 heteroatoms. The van der Waals surface area contributed by atoms with E-state index in [2.05, 4.69) is 23.9 Å². The Bertz CT molecular complexity index is 350. The molecule has 3 unspecified atom stereocenters. The molecule has 0 amide bonds. The van der Waals surface area contributed by atoms with Gasteiger partial charge < -0.3 is 20.3 Å². The predicted molar refractivity (Wildman–Crippen MR) is 79.4 cm³/mol. The van der Waals surface area contributed by atoms with Crippen LogP contribution >= 0.6 is 0 Å². The third kappa shape index (κ3) is 3.51. The number of carbonyl (C=O) groups excluding carboxylic acids is 1. The lowest BCUT2D eigenvalue weighted by Gasteiger charge is -2.28. The summed E-state index contributed by atoms with van der Waals surface area (Å²) in [5.41, 5.74) is 5.48. The number of hydrogen-bond donors (Lipinski definition) is 1. The normalized spacial score (nSPS) is 34.9. The summed E-state index contributed by atoms with van der Waals surface area (Å²) in [5.74, 6) is 0.525. The van der Waals surface area contributed by atoms with Crippen LogP contribution in [0.5, 0.6) is 0 Å². The van der Waals surface area contributed by atoms with Crippen LogP contribution in [0.25, 0.3) is 0 Å². The van der Waals surface area contributed by atoms with E-state index < -0.39 is 5.54 Å². The second-order valence-corrected chi connectivity index (χ2v) is 6.63. The molecule has 0 radical (unpaired) electrons. The molecule has 0 aromatic heterocycles. The van der Waals surface area contributed by atoms with Crippen LogP contribution in [-0.4, -0.2) is 67.7 Å². The summed E-state index contributed by atoms with van der Waals surface area (Å²) in [6.07, 6.45) is 3.74. The lowest BCUT2D eigenvalue weighted by molar-refractivity contribution is -0.149. The third-order valence-corrected chi connectivity index (χ3v) is 4.86. The fourth-order valence-corrected chi connectivity index (χ4v) is 3.62. The van der Waals surface area contributed by atoms with Crippen LogP contribution in [0, 0.1) is 5.92 Å². The third-order valence-electron chi connectivity index (χ3n) is 4.86. The Hall–Kier alpha value is -0.650. The Morgan fingerprint density at radius 2 is 2.25 bits per heavy atom. The molecule has 2 fully saturated rings. The minimum Gasteiger partial charge on any atom is -0.465 e. The molecule has 0 bridgehead atoms. The maximum Gasteiger partial charge on any atom is 0.326 e. The molecule has 1 saturated carbocycles. The average molecular weight is 283 g/mol. The first-order valence-corrected chi connectivity index (χ1v) is 7.79. The monoisotopic (exact) mass is 283 g/mol. The van der Waals surface area contributed by atoms with E-state index in [0.717, 1.165) is 31.7 Å². The number of hydrogen-bond acceptors (Lipinski definition) is 5. The SMILES string of the molecule is CCOC(=O)C1(N)CCC(N(C)CC2CCN(C)C2)C1. The van der Waals surface area contributed by atoms with E-state index in [1.54, 1.807) is 0 Å². The van der Waals surface area contributed by atoms with Crippen molar-refractivity contribution in [3.05, 3.63) is 0 Å². The highest BCUT2D eigenvalue weighted by Gasteiger charge is 2.44. The molecule has 116 valence electrons. The number of nitrogens with zero attached hydrogens (tertiary/aromatic N) is 2. The van der Waals surface area contributed by atoms with Crippen molar-refractivity contribution in [2.24, 2.45) is 11.7 Å². The predicted octanol–water partition coefficient (Wildman–Crippen LogP) is 0.683. The molecule has 1 aliphatic heterocycles. The lowest BCUT2D eigenvalue weighted by atomic mass is 9.99. The largest absolute Gasteiger partial charge is 0.465 e. The molecule has 1 heterocycles. The first-order valence-electron chi connectivity index (χ1n) is 7.79. The highest BCUT2D eigenvalue weighted by molar-refractivity contribution is 5.81. The molecule has 5 nitrogen and oxygen atoms in total. The van der Waals surface area contributed by atoms with E-state index in [0.29, 0.717) is 12.6 Å². The number of nitrogens with two attached hydrogens (primary N) is 1. The Labute approximate surface area is 122 Å². The van der Waals surface area contributed by atoms with Crippen LogP contribution in [0.1, 0.15) is 32.6 Å². The van der Waals surface area contributed by atoms with Gasteiger partial charge in [-0.3, -0.25) is 4.79 Å². The van der Waals surface area contributed by atoms with Gasteiger partial charge in [-0.2, -0.15) is 0 Å². The number of esters is 1. The zero-order valence-corrected chi connectivity index (χ0v) is 13.1. The highest BCUT2D eigenvalue weighted by atomic mass is 16.5. The molecule has 2 rings (SSSR count). The van der Waals surface area contributed by atoms with Crippen LogP contribution in [0.3, 0.4) is 0 Å². The molecular weight excluding hydrogens is 254 g/mol. The van der Waals surface area contributed by atoms with Crippen molar-refractivity contribution in [2.75, 3.05) is 40.3 Å². The number of carbonyl (C=O) groups is 1. The minimum absolute atomic E-state index is 0.225. The van der Waals surface area contributed by atoms with E-state index in [-0.39, 0.29) is 5.97 Å². The molecule has 1 aliphatic carbocycles. The van der Waals surface area contributed by atoms with Gasteiger partial charge in [0.05, 0.1) is 6.61 Å². The molecule has 2 aliphatic rings. The topological polar surface area (TPSA) is 58.8 Å². The average Bonchev–Trinajstić information content (AvgIpc) is 2.97. The van der Waals surface area contributed by atoms with Crippen LogP contribution in [0.2, 0.25) is 0 Å². The summed E-state index contributed by atoms with van der Waals surface area (Å²) in [7, 11) is 4.35. The standard InChI is InChI=1S/C15H29N3O2/c1-4-20-14(19)15(16)7-5-13(9-15)18(3)11-12-6-8-17(2)10-12/h12-13H,4-11,16H2,1-3H3. The maximum absolute atomic E-state index is 12.0. The zero-order chi connectivity index (χ0) is 14.8. The zero-order valence-electron chi connectivity index (χ0n) is 13.1. The Kier molecular flexibility index (Phi) is 5.04. The molecular formula is C15H29N3O2. The quantitative estimate of drug-likeness (QED) is 0.752. The van der Waals surface area contributed by atoms with Gasteiger partial charge in [-0.25, -0.2) is 0 Å². The minimum atomic E-state index is -0.762. The van der Waals surface area contributed by atoms with Gasteiger partial charge in [0.2, 0.25) is 0 Å². The van der Waals surface area contributed by atoms with Crippen LogP contribution < -0.4 is 5.73 Å². The highest BCUT2D eigenvalue weighted by Crippen LogP contribution is 2.32. The molecule has 3 atom stereocenters. The van der Waals surface area contributed by atoms with Gasteiger partial charge in [-0.05, 0) is 59.2 Å². The second kappa shape index (κ2) is 6.41. The summed E-state index contributed by atoms with van der Waals surface area (Å²) in [6, 6.07) is 0.412. The summed E-state index contributed by atoms with van der Waals surface area (Å²) in [5, 5.41) is 0. The van der Waals surface area contributed by atoms with Gasteiger partial charge >= 0.3 is 5.97 Å². The molecule has 0 aromatic rings. The van der Waals surface area contributed by atoms with Gasteiger partial charge in [0, 0.05) is 19.1 Å². The Morgan fingerprint density at radius 3 is 2.85 bits per heavy atom. The van der Waals surface area contributed by atoms with Crippen molar-refractivity contribution in [3.8, 4) is 0 Å². The summed E-state index contributed by atoms with van der Waals surface area (Å²) < 4.78 is 5.12. The Morgan fingerprint density at radius 1 is 1.50 bits per heavy atom. The van der Waals surface area contributed by atoms with E-state index >= 15 is 0 Å². The lowest BCUT2D eigenvalue weighted by Crippen LogP contribution is -2.48. The van der Waals surface area contributed by atoms with Crippen molar-refractivity contribution >= 4 is 5.97 Å². The first kappa shape index (κ1) is 15.7. The number of ether oxygens (including phenoxy) is 1. The van der Waals surface area contributed by atoms with Crippen molar-refractivity contribution in [2.45, 2.75) is 44.2 Å². The molecule has 20 heavy (non-hydrogen) atoms. The van der Waals surface area contributed by atoms with E-state index in [1.807, 2.05) is 6.92 Å². The molecule has 0 aromatic carbocycles. The maximum atomic E-state index is 12.0. The van der Waals surface area contributed by atoms with Crippen molar-refractivity contribution < 1.29 is 9.53 Å². The summed E-state index contributed by atoms with van der Waals surface area (Å²) in [6.45, 7) is 5.73. The van der Waals surface area contributed by atoms with Crippen LogP contribution in [0.4, 0.5) is 0 Å². The van der Waals surface area contributed by atoms with E-state index in [9.17, 15) is 4.79 Å². The van der Waals surface area contributed by atoms with Gasteiger partial charge in [-0.15, -0.1) is 0 Å². The number of rotatable bonds is 5. The summed E-state index contributed by atoms with van der Waals surface area (Å²) >= 11 is 0. The molecule has 0 spiro atoms. The van der Waals surface area contributed by atoms with Crippen LogP contribution in [0.15, 0.2) is 0 Å². The van der Waals surface area contributed by atoms with Crippen molar-refractivity contribution in [3.63, 3.8) is 0 Å².